The average molecular weight is 330 g/mol. The van der Waals surface area contributed by atoms with Crippen molar-refractivity contribution in [2.45, 2.75) is 19.3 Å². The number of nitrogens with zero attached hydrogens (tertiary/aromatic N) is 4. The summed E-state index contributed by atoms with van der Waals surface area (Å²) in [6.07, 6.45) is 2.43. The summed E-state index contributed by atoms with van der Waals surface area (Å²) < 4.78 is 28.7. The molecule has 0 aliphatic carbocycles. The fourth-order valence-corrected chi connectivity index (χ4v) is 5.54. The molecule has 3 saturated heterocycles. The lowest BCUT2D eigenvalue weighted by atomic mass is 9.78. The molecule has 0 aromatic carbocycles. The Kier molecular flexibility index (Phi) is 4.22. The highest BCUT2D eigenvalue weighted by molar-refractivity contribution is 7.86. The zero-order chi connectivity index (χ0) is 16.0. The molecule has 0 N–H and O–H groups in total. The summed E-state index contributed by atoms with van der Waals surface area (Å²) in [4.78, 5) is 16.4. The van der Waals surface area contributed by atoms with Gasteiger partial charge in [-0.1, -0.05) is 0 Å². The second-order valence-corrected chi connectivity index (χ2v) is 8.83. The summed E-state index contributed by atoms with van der Waals surface area (Å²) >= 11 is 0. The quantitative estimate of drug-likeness (QED) is 0.680. The number of carbonyl (C=O) groups excluding carboxylic acids is 1. The number of likely N-dealkylation sites (tertiary alicyclic amines) is 1. The number of hydrogen-bond acceptors (Lipinski definition) is 4. The molecule has 0 radical (unpaired) electrons. The van der Waals surface area contributed by atoms with Crippen molar-refractivity contribution in [1.82, 2.24) is 18.4 Å². The van der Waals surface area contributed by atoms with E-state index in [9.17, 15) is 13.2 Å². The summed E-state index contributed by atoms with van der Waals surface area (Å²) in [5.41, 5.74) is -0.480. The molecule has 22 heavy (non-hydrogen) atoms. The molecule has 3 fully saturated rings. The summed E-state index contributed by atoms with van der Waals surface area (Å²) in [5, 5.41) is 0. The van der Waals surface area contributed by atoms with Gasteiger partial charge in [0.2, 0.25) is 5.91 Å². The van der Waals surface area contributed by atoms with Crippen LogP contribution in [0.25, 0.3) is 0 Å². The van der Waals surface area contributed by atoms with Crippen LogP contribution in [0.4, 0.5) is 0 Å². The van der Waals surface area contributed by atoms with Crippen molar-refractivity contribution in [1.29, 1.82) is 0 Å². The van der Waals surface area contributed by atoms with Crippen LogP contribution in [0, 0.1) is 5.41 Å². The van der Waals surface area contributed by atoms with Crippen LogP contribution in [0.15, 0.2) is 0 Å². The molecule has 3 heterocycles. The van der Waals surface area contributed by atoms with Gasteiger partial charge >= 0.3 is 0 Å². The van der Waals surface area contributed by atoms with Gasteiger partial charge in [-0.05, 0) is 26.3 Å². The third-order valence-electron chi connectivity index (χ3n) is 5.38. The first-order valence-electron chi connectivity index (χ1n) is 8.04. The van der Waals surface area contributed by atoms with Gasteiger partial charge in [-0.15, -0.1) is 0 Å². The summed E-state index contributed by atoms with van der Waals surface area (Å²) in [6.45, 7) is 4.21. The SMILES string of the molecule is CN1CCN(S(=O)(=O)N2CC[C@]3(CCCN(C)C3=O)C2)CC1. The predicted molar refractivity (Wildman–Crippen MR) is 83.5 cm³/mol. The Balaban J connectivity index is 1.73. The molecule has 7 nitrogen and oxygen atoms in total. The standard InChI is InChI=1S/C14H26N4O3S/c1-15-8-10-17(11-9-15)22(20,21)18-7-5-14(12-18)4-3-6-16(2)13(14)19/h3-12H2,1-2H3/t14-/m1/s1. The van der Waals surface area contributed by atoms with Crippen molar-refractivity contribution in [2.75, 3.05) is 59.9 Å². The van der Waals surface area contributed by atoms with E-state index in [-0.39, 0.29) is 5.91 Å². The Labute approximate surface area is 133 Å². The molecule has 0 aromatic rings. The highest BCUT2D eigenvalue weighted by Gasteiger charge is 2.51. The minimum Gasteiger partial charge on any atom is -0.345 e. The lowest BCUT2D eigenvalue weighted by molar-refractivity contribution is -0.143. The summed E-state index contributed by atoms with van der Waals surface area (Å²) in [7, 11) is 0.393. The van der Waals surface area contributed by atoms with E-state index in [1.165, 1.54) is 4.31 Å². The van der Waals surface area contributed by atoms with Crippen molar-refractivity contribution in [2.24, 2.45) is 5.41 Å². The van der Waals surface area contributed by atoms with E-state index in [4.69, 9.17) is 0 Å². The molecular formula is C14H26N4O3S. The van der Waals surface area contributed by atoms with Crippen LogP contribution in [0.1, 0.15) is 19.3 Å². The first-order valence-corrected chi connectivity index (χ1v) is 9.44. The molecule has 0 bridgehead atoms. The number of piperidine rings is 1. The van der Waals surface area contributed by atoms with E-state index in [2.05, 4.69) is 4.90 Å². The average Bonchev–Trinajstić information content (AvgIpc) is 2.91. The van der Waals surface area contributed by atoms with Crippen molar-refractivity contribution in [3.05, 3.63) is 0 Å². The number of rotatable bonds is 2. The maximum Gasteiger partial charge on any atom is 0.282 e. The van der Waals surface area contributed by atoms with Crippen molar-refractivity contribution >= 4 is 16.1 Å². The number of likely N-dealkylation sites (N-methyl/N-ethyl adjacent to an activating group) is 1. The molecule has 3 rings (SSSR count). The maximum absolute atomic E-state index is 12.8. The van der Waals surface area contributed by atoms with Crippen molar-refractivity contribution < 1.29 is 13.2 Å². The van der Waals surface area contributed by atoms with Crippen LogP contribution in [0.3, 0.4) is 0 Å². The van der Waals surface area contributed by atoms with Gasteiger partial charge in [0.15, 0.2) is 0 Å². The molecule has 8 heteroatoms. The van der Waals surface area contributed by atoms with E-state index in [1.54, 1.807) is 9.21 Å². The highest BCUT2D eigenvalue weighted by atomic mass is 32.2. The first kappa shape index (κ1) is 16.2. The second kappa shape index (κ2) is 5.74. The molecule has 1 spiro atoms. The molecule has 0 saturated carbocycles. The van der Waals surface area contributed by atoms with Gasteiger partial charge in [-0.3, -0.25) is 4.79 Å². The van der Waals surface area contributed by atoms with E-state index < -0.39 is 15.6 Å². The summed E-state index contributed by atoms with van der Waals surface area (Å²) in [6, 6.07) is 0. The van der Waals surface area contributed by atoms with Crippen LogP contribution in [0.5, 0.6) is 0 Å². The largest absolute Gasteiger partial charge is 0.345 e. The van der Waals surface area contributed by atoms with E-state index in [0.717, 1.165) is 32.5 Å². The van der Waals surface area contributed by atoms with Gasteiger partial charge in [0.1, 0.15) is 0 Å². The Morgan fingerprint density at radius 2 is 1.59 bits per heavy atom. The topological polar surface area (TPSA) is 64.2 Å². The molecule has 1 amide bonds. The van der Waals surface area contributed by atoms with Gasteiger partial charge in [0, 0.05) is 52.9 Å². The fourth-order valence-electron chi connectivity index (χ4n) is 3.86. The molecule has 3 aliphatic rings. The fraction of sp³-hybridized carbons (Fsp3) is 0.929. The molecule has 0 aromatic heterocycles. The first-order chi connectivity index (χ1) is 10.3. The van der Waals surface area contributed by atoms with E-state index in [1.807, 2.05) is 14.1 Å². The molecule has 3 aliphatic heterocycles. The maximum atomic E-state index is 12.8. The number of carbonyl (C=O) groups is 1. The molecular weight excluding hydrogens is 304 g/mol. The van der Waals surface area contributed by atoms with Crippen molar-refractivity contribution in [3.8, 4) is 0 Å². The van der Waals surface area contributed by atoms with Gasteiger partial charge in [-0.2, -0.15) is 17.0 Å². The minimum atomic E-state index is -3.43. The Morgan fingerprint density at radius 1 is 0.909 bits per heavy atom. The highest BCUT2D eigenvalue weighted by Crippen LogP contribution is 2.41. The third kappa shape index (κ3) is 2.66. The predicted octanol–water partition coefficient (Wildman–Crippen LogP) is -0.577. The van der Waals surface area contributed by atoms with Crippen LogP contribution >= 0.6 is 0 Å². The Hall–Kier alpha value is -0.700. The van der Waals surface area contributed by atoms with Crippen LogP contribution in [-0.2, 0) is 15.0 Å². The zero-order valence-electron chi connectivity index (χ0n) is 13.5. The second-order valence-electron chi connectivity index (χ2n) is 6.90. The number of amides is 1. The Bertz CT molecular complexity index is 544. The van der Waals surface area contributed by atoms with Gasteiger partial charge < -0.3 is 9.80 Å². The molecule has 126 valence electrons. The monoisotopic (exact) mass is 330 g/mol. The van der Waals surface area contributed by atoms with Gasteiger partial charge in [-0.25, -0.2) is 0 Å². The van der Waals surface area contributed by atoms with Gasteiger partial charge in [0.25, 0.3) is 10.2 Å². The normalized spacial score (nSPS) is 33.0. The molecule has 0 unspecified atom stereocenters. The number of piperazine rings is 1. The third-order valence-corrected chi connectivity index (χ3v) is 7.36. The lowest BCUT2D eigenvalue weighted by Crippen LogP contribution is -2.53. The van der Waals surface area contributed by atoms with Crippen LogP contribution in [0.2, 0.25) is 0 Å². The molecule has 1 atom stereocenters. The Morgan fingerprint density at radius 3 is 2.27 bits per heavy atom. The zero-order valence-corrected chi connectivity index (χ0v) is 14.3. The van der Waals surface area contributed by atoms with E-state index >= 15 is 0 Å². The smallest absolute Gasteiger partial charge is 0.282 e. The number of hydrogen-bond donors (Lipinski definition) is 0. The summed E-state index contributed by atoms with van der Waals surface area (Å²) in [5.74, 6) is 0.120. The van der Waals surface area contributed by atoms with Gasteiger partial charge in [0.05, 0.1) is 5.41 Å². The van der Waals surface area contributed by atoms with Crippen LogP contribution in [-0.4, -0.2) is 92.6 Å². The van der Waals surface area contributed by atoms with Crippen molar-refractivity contribution in [3.63, 3.8) is 0 Å². The lowest BCUT2D eigenvalue weighted by Gasteiger charge is -2.38. The van der Waals surface area contributed by atoms with Crippen LogP contribution < -0.4 is 0 Å². The van der Waals surface area contributed by atoms with E-state index in [0.29, 0.717) is 32.6 Å². The minimum absolute atomic E-state index is 0.120.